The van der Waals surface area contributed by atoms with Crippen LogP contribution in [-0.4, -0.2) is 17.5 Å². The molecule has 1 atom stereocenters. The number of hydrogen-bond acceptors (Lipinski definition) is 3. The zero-order valence-electron chi connectivity index (χ0n) is 12.7. The summed E-state index contributed by atoms with van der Waals surface area (Å²) < 4.78 is 5.82. The molecule has 0 radical (unpaired) electrons. The van der Waals surface area contributed by atoms with Gasteiger partial charge in [0.2, 0.25) is 5.91 Å². The number of hydrogen-bond donors (Lipinski definition) is 1. The van der Waals surface area contributed by atoms with Crippen molar-refractivity contribution < 1.29 is 9.53 Å². The average molecular weight is 296 g/mol. The van der Waals surface area contributed by atoms with Crippen molar-refractivity contribution in [2.45, 2.75) is 26.3 Å². The Hall–Kier alpha value is -2.36. The van der Waals surface area contributed by atoms with Crippen LogP contribution in [0.25, 0.3) is 0 Å². The maximum absolute atomic E-state index is 10.9. The lowest BCUT2D eigenvalue weighted by Gasteiger charge is -2.25. The van der Waals surface area contributed by atoms with Crippen LogP contribution in [0.1, 0.15) is 23.7 Å². The van der Waals surface area contributed by atoms with E-state index in [4.69, 9.17) is 4.74 Å². The fraction of sp³-hybridized carbons (Fsp3) is 0.333. The summed E-state index contributed by atoms with van der Waals surface area (Å²) in [7, 11) is 0. The van der Waals surface area contributed by atoms with Crippen LogP contribution in [0.5, 0.6) is 5.75 Å². The third-order valence-corrected chi connectivity index (χ3v) is 3.88. The lowest BCUT2D eigenvalue weighted by Crippen LogP contribution is -2.23. The minimum Gasteiger partial charge on any atom is -0.493 e. The minimum absolute atomic E-state index is 0.0258. The molecular weight excluding hydrogens is 276 g/mol. The highest BCUT2D eigenvalue weighted by Gasteiger charge is 2.20. The van der Waals surface area contributed by atoms with Gasteiger partial charge < -0.3 is 10.1 Å². The van der Waals surface area contributed by atoms with Crippen molar-refractivity contribution in [3.8, 4) is 5.75 Å². The van der Waals surface area contributed by atoms with E-state index in [1.165, 1.54) is 12.5 Å². The van der Waals surface area contributed by atoms with E-state index in [-0.39, 0.29) is 5.91 Å². The Morgan fingerprint density at radius 3 is 2.95 bits per heavy atom. The fourth-order valence-electron chi connectivity index (χ4n) is 2.72. The van der Waals surface area contributed by atoms with Crippen LogP contribution in [0, 0.1) is 5.92 Å². The van der Waals surface area contributed by atoms with Gasteiger partial charge in [0.25, 0.3) is 0 Å². The van der Waals surface area contributed by atoms with E-state index in [1.807, 2.05) is 30.5 Å². The Kier molecular flexibility index (Phi) is 4.37. The first-order valence-electron chi connectivity index (χ1n) is 7.59. The lowest BCUT2D eigenvalue weighted by molar-refractivity contribution is -0.119. The predicted molar refractivity (Wildman–Crippen MR) is 84.6 cm³/mol. The molecule has 1 aromatic carbocycles. The molecule has 2 aromatic rings. The summed E-state index contributed by atoms with van der Waals surface area (Å²) in [4.78, 5) is 15.4. The maximum Gasteiger partial charge on any atom is 0.217 e. The normalized spacial score (nSPS) is 16.5. The van der Waals surface area contributed by atoms with Gasteiger partial charge in [-0.1, -0.05) is 24.3 Å². The number of pyridine rings is 1. The number of carbonyl (C=O) groups is 1. The summed E-state index contributed by atoms with van der Waals surface area (Å²) in [5.41, 5.74) is 3.37. The third kappa shape index (κ3) is 3.64. The summed E-state index contributed by atoms with van der Waals surface area (Å²) in [6.45, 7) is 2.79. The number of amides is 1. The first kappa shape index (κ1) is 14.6. The second-order valence-corrected chi connectivity index (χ2v) is 5.76. The molecule has 3 rings (SSSR count). The number of fused-ring (bicyclic) bond motifs is 1. The number of benzene rings is 1. The molecule has 1 unspecified atom stereocenters. The number of nitrogens with zero attached hydrogens (tertiary/aromatic N) is 1. The molecule has 0 saturated carbocycles. The molecule has 1 aromatic heterocycles. The number of nitrogens with one attached hydrogen (secondary N) is 1. The highest BCUT2D eigenvalue weighted by molar-refractivity contribution is 5.72. The van der Waals surface area contributed by atoms with Crippen molar-refractivity contribution in [1.29, 1.82) is 0 Å². The quantitative estimate of drug-likeness (QED) is 0.943. The van der Waals surface area contributed by atoms with Gasteiger partial charge in [-0.3, -0.25) is 9.78 Å². The van der Waals surface area contributed by atoms with Crippen LogP contribution in [0.4, 0.5) is 0 Å². The van der Waals surface area contributed by atoms with Crippen molar-refractivity contribution in [2.75, 3.05) is 6.61 Å². The van der Waals surface area contributed by atoms with Crippen LogP contribution in [-0.2, 0) is 24.2 Å². The Balaban J connectivity index is 1.59. The molecule has 1 aliphatic heterocycles. The van der Waals surface area contributed by atoms with Gasteiger partial charge in [0.05, 0.1) is 6.61 Å². The van der Waals surface area contributed by atoms with Gasteiger partial charge in [0.15, 0.2) is 0 Å². The van der Waals surface area contributed by atoms with Crippen LogP contribution in [0.15, 0.2) is 42.6 Å². The average Bonchev–Trinajstić information content (AvgIpc) is 2.54. The fourth-order valence-corrected chi connectivity index (χ4v) is 2.72. The largest absolute Gasteiger partial charge is 0.493 e. The number of ether oxygens (including phenoxy) is 1. The van der Waals surface area contributed by atoms with Gasteiger partial charge in [-0.25, -0.2) is 0 Å². The summed E-state index contributed by atoms with van der Waals surface area (Å²) in [5, 5.41) is 2.77. The van der Waals surface area contributed by atoms with Gasteiger partial charge in [0, 0.05) is 31.3 Å². The zero-order valence-corrected chi connectivity index (χ0v) is 12.7. The molecule has 0 spiro atoms. The summed E-state index contributed by atoms with van der Waals surface area (Å²) in [5.74, 6) is 1.45. The smallest absolute Gasteiger partial charge is 0.217 e. The third-order valence-electron chi connectivity index (χ3n) is 3.88. The molecule has 0 aliphatic carbocycles. The first-order chi connectivity index (χ1) is 10.7. The molecule has 1 N–H and O–H groups in total. The van der Waals surface area contributed by atoms with Crippen molar-refractivity contribution >= 4 is 5.91 Å². The van der Waals surface area contributed by atoms with Crippen molar-refractivity contribution in [1.82, 2.24) is 10.3 Å². The topological polar surface area (TPSA) is 51.2 Å². The van der Waals surface area contributed by atoms with Crippen LogP contribution in [0.2, 0.25) is 0 Å². The Labute approximate surface area is 130 Å². The molecule has 2 heterocycles. The number of carbonyl (C=O) groups excluding carboxylic acids is 1. The highest BCUT2D eigenvalue weighted by Crippen LogP contribution is 2.28. The lowest BCUT2D eigenvalue weighted by atomic mass is 9.92. The monoisotopic (exact) mass is 296 g/mol. The molecule has 4 heteroatoms. The van der Waals surface area contributed by atoms with Crippen LogP contribution < -0.4 is 10.1 Å². The summed E-state index contributed by atoms with van der Waals surface area (Å²) in [6.07, 6.45) is 3.78. The molecule has 22 heavy (non-hydrogen) atoms. The molecule has 0 bridgehead atoms. The van der Waals surface area contributed by atoms with Gasteiger partial charge in [-0.05, 0) is 36.1 Å². The predicted octanol–water partition coefficient (Wildman–Crippen LogP) is 2.51. The van der Waals surface area contributed by atoms with E-state index in [1.54, 1.807) is 0 Å². The van der Waals surface area contributed by atoms with E-state index >= 15 is 0 Å². The van der Waals surface area contributed by atoms with Crippen molar-refractivity contribution in [3.05, 3.63) is 59.4 Å². The molecule has 1 aliphatic rings. The SMILES string of the molecule is CC(=O)NCc1ccc(CC2COc3ccccc3C2)nc1. The summed E-state index contributed by atoms with van der Waals surface area (Å²) in [6, 6.07) is 12.3. The van der Waals surface area contributed by atoms with E-state index < -0.39 is 0 Å². The van der Waals surface area contributed by atoms with Crippen LogP contribution >= 0.6 is 0 Å². The minimum atomic E-state index is -0.0258. The van der Waals surface area contributed by atoms with E-state index in [0.717, 1.165) is 36.5 Å². The second kappa shape index (κ2) is 6.60. The zero-order chi connectivity index (χ0) is 15.4. The maximum atomic E-state index is 10.9. The van der Waals surface area contributed by atoms with E-state index in [9.17, 15) is 4.79 Å². The van der Waals surface area contributed by atoms with Crippen LogP contribution in [0.3, 0.4) is 0 Å². The molecule has 114 valence electrons. The Morgan fingerprint density at radius 1 is 1.32 bits per heavy atom. The Bertz CT molecular complexity index is 652. The van der Waals surface area contributed by atoms with E-state index in [2.05, 4.69) is 22.4 Å². The van der Waals surface area contributed by atoms with Crippen molar-refractivity contribution in [3.63, 3.8) is 0 Å². The van der Waals surface area contributed by atoms with Crippen molar-refractivity contribution in [2.24, 2.45) is 5.92 Å². The highest BCUT2D eigenvalue weighted by atomic mass is 16.5. The first-order valence-corrected chi connectivity index (χ1v) is 7.59. The Morgan fingerprint density at radius 2 is 2.18 bits per heavy atom. The molecule has 4 nitrogen and oxygen atoms in total. The van der Waals surface area contributed by atoms with Gasteiger partial charge >= 0.3 is 0 Å². The second-order valence-electron chi connectivity index (χ2n) is 5.76. The molecule has 0 saturated heterocycles. The number of rotatable bonds is 4. The standard InChI is InChI=1S/C18H20N2O2/c1-13(21)19-10-14-6-7-17(20-11-14)9-15-8-16-4-2-3-5-18(16)22-12-15/h2-7,11,15H,8-10,12H2,1H3,(H,19,21). The molecule has 0 fully saturated rings. The van der Waals surface area contributed by atoms with E-state index in [0.29, 0.717) is 12.5 Å². The molecule has 1 amide bonds. The summed E-state index contributed by atoms with van der Waals surface area (Å²) >= 11 is 0. The number of para-hydroxylation sites is 1. The van der Waals surface area contributed by atoms with Gasteiger partial charge in [-0.15, -0.1) is 0 Å². The van der Waals surface area contributed by atoms with Gasteiger partial charge in [-0.2, -0.15) is 0 Å². The molecular formula is C18H20N2O2. The van der Waals surface area contributed by atoms with Gasteiger partial charge in [0.1, 0.15) is 5.75 Å². The number of aromatic nitrogens is 1.